The normalized spacial score (nSPS) is 19.1. The maximum absolute atomic E-state index is 3.73. The van der Waals surface area contributed by atoms with Crippen LogP contribution in [-0.4, -0.2) is 6.88 Å². The maximum Gasteiger partial charge on any atom is -0.147 e. The van der Waals surface area contributed by atoms with E-state index in [0.717, 1.165) is 6.42 Å². The van der Waals surface area contributed by atoms with E-state index in [4.69, 9.17) is 0 Å². The third kappa shape index (κ3) is 7.19. The molecule has 0 spiro atoms. The predicted octanol–water partition coefficient (Wildman–Crippen LogP) is 14.0. The Bertz CT molecular complexity index is 2040. The summed E-state index contributed by atoms with van der Waals surface area (Å²) in [6.07, 6.45) is 11.9. The van der Waals surface area contributed by atoms with Gasteiger partial charge in [-0.25, -0.2) is 0 Å². The van der Waals surface area contributed by atoms with Crippen LogP contribution >= 0.6 is 24.8 Å². The van der Waals surface area contributed by atoms with Crippen molar-refractivity contribution in [2.75, 3.05) is 0 Å². The quantitative estimate of drug-likeness (QED) is 0.170. The fourth-order valence-corrected chi connectivity index (χ4v) is 29.8. The second-order valence-electron chi connectivity index (χ2n) is 18.8. The SMILES string of the molecule is CCC1=Cc2c(-c3ccc(C(C)(C)C)cc3)cccc2[CH]1[Zr]([CH3])([CH3])(=[SiH2])[CH]1C(C2CCCC2)=Cc2c(-c3ccc(C(C)(C)C)cc3)cccc21.Cl.Cl. The minimum absolute atomic E-state index is 0. The molecule has 270 valence electrons. The van der Waals surface area contributed by atoms with Crippen molar-refractivity contribution in [1.29, 1.82) is 0 Å². The Hall–Kier alpha value is -1.96. The summed E-state index contributed by atoms with van der Waals surface area (Å²) in [7, 11) is 0. The van der Waals surface area contributed by atoms with Crippen molar-refractivity contribution in [3.8, 4) is 22.3 Å². The molecule has 4 heteroatoms. The van der Waals surface area contributed by atoms with Gasteiger partial charge >= 0.3 is 302 Å². The molecule has 0 saturated heterocycles. The number of benzene rings is 4. The van der Waals surface area contributed by atoms with Gasteiger partial charge in [0.05, 0.1) is 0 Å². The summed E-state index contributed by atoms with van der Waals surface area (Å²) in [5.74, 6) is 0.716. The van der Waals surface area contributed by atoms with Crippen LogP contribution in [0.4, 0.5) is 0 Å². The van der Waals surface area contributed by atoms with Gasteiger partial charge in [-0.05, 0) is 0 Å². The molecule has 0 amide bonds. The standard InChI is InChI=1S/C24H27.C21H23.2CH3.2ClH.H2Si.Zr/c1-24(2,3)21-13-11-18(12-14-21)22-10-6-9-19-15-20(16-23(19)22)17-7-4-5-8-17;1-5-15-13-17-7-6-8-19(20(17)14-15)16-9-11-18(12-10-16)21(2,3)4;;;;;;/h6,9-17H,4-5,7-8H2,1-3H3;6-14H,5H2,1-4H3;2*1H3;2*1H;1H2;. The van der Waals surface area contributed by atoms with Crippen LogP contribution in [0.15, 0.2) is 96.1 Å². The molecule has 0 aromatic heterocycles. The molecular weight excluding hydrogens is 755 g/mol. The van der Waals surface area contributed by atoms with Crippen LogP contribution in [-0.2, 0) is 28.2 Å². The molecule has 0 aliphatic heterocycles. The van der Waals surface area contributed by atoms with E-state index in [1.807, 2.05) is 0 Å². The molecule has 0 bridgehead atoms. The molecule has 3 aliphatic carbocycles. The summed E-state index contributed by atoms with van der Waals surface area (Å²) in [5.41, 5.74) is 18.3. The Labute approximate surface area is 324 Å². The van der Waals surface area contributed by atoms with Crippen LogP contribution in [0.5, 0.6) is 0 Å². The first-order valence-corrected chi connectivity index (χ1v) is 32.7. The summed E-state index contributed by atoms with van der Waals surface area (Å²) in [5, 5.41) is 0. The molecule has 2 atom stereocenters. The van der Waals surface area contributed by atoms with Crippen LogP contribution in [0.3, 0.4) is 0 Å². The Morgan fingerprint density at radius 1 is 0.608 bits per heavy atom. The molecule has 51 heavy (non-hydrogen) atoms. The Kier molecular flexibility index (Phi) is 11.3. The van der Waals surface area contributed by atoms with Crippen LogP contribution in [0.25, 0.3) is 34.4 Å². The van der Waals surface area contributed by atoms with Crippen LogP contribution in [0.2, 0.25) is 9.26 Å². The fraction of sp³-hybridized carbons (Fsp3) is 0.404. The number of allylic oxidation sites excluding steroid dienone is 2. The van der Waals surface area contributed by atoms with Crippen LogP contribution in [0.1, 0.15) is 121 Å². The molecule has 4 aromatic carbocycles. The zero-order valence-corrected chi connectivity index (χ0v) is 38.0. The minimum atomic E-state index is -3.73. The van der Waals surface area contributed by atoms with E-state index in [2.05, 4.69) is 162 Å². The molecule has 4 aromatic rings. The van der Waals surface area contributed by atoms with E-state index in [0.29, 0.717) is 13.2 Å². The summed E-state index contributed by atoms with van der Waals surface area (Å²) in [6, 6.07) is 33.4. The molecule has 0 N–H and O–H groups in total. The molecule has 1 saturated carbocycles. The molecule has 7 rings (SSSR count). The van der Waals surface area contributed by atoms with Crippen molar-refractivity contribution in [2.24, 2.45) is 5.92 Å². The summed E-state index contributed by atoms with van der Waals surface area (Å²) >= 11 is -3.73. The molecule has 0 nitrogen and oxygen atoms in total. The van der Waals surface area contributed by atoms with Gasteiger partial charge in [-0.2, -0.15) is 0 Å². The van der Waals surface area contributed by atoms with Crippen LogP contribution < -0.4 is 0 Å². The Morgan fingerprint density at radius 2 is 1.04 bits per heavy atom. The largest absolute Gasteiger partial charge is 0.147 e. The Balaban J connectivity index is 0.00000252. The van der Waals surface area contributed by atoms with Crippen molar-refractivity contribution in [1.82, 2.24) is 0 Å². The van der Waals surface area contributed by atoms with Gasteiger partial charge in [-0.3, -0.25) is 0 Å². The molecule has 1 fully saturated rings. The molecule has 0 heterocycles. The van der Waals surface area contributed by atoms with Crippen molar-refractivity contribution >= 4 is 43.8 Å². The summed E-state index contributed by atoms with van der Waals surface area (Å²) in [6.45, 7) is 18.8. The van der Waals surface area contributed by atoms with Gasteiger partial charge in [0.1, 0.15) is 0 Å². The van der Waals surface area contributed by atoms with Gasteiger partial charge in [0.25, 0.3) is 0 Å². The van der Waals surface area contributed by atoms with Gasteiger partial charge in [0, 0.05) is 0 Å². The van der Waals surface area contributed by atoms with Crippen molar-refractivity contribution < 1.29 is 17.4 Å². The number of fused-ring (bicyclic) bond motifs is 2. The zero-order valence-electron chi connectivity index (χ0n) is 32.5. The smallest absolute Gasteiger partial charge is 0.147 e. The summed E-state index contributed by atoms with van der Waals surface area (Å²) in [4.78, 5) is 0. The van der Waals surface area contributed by atoms with Crippen LogP contribution in [0, 0.1) is 5.92 Å². The number of rotatable bonds is 6. The predicted molar refractivity (Wildman–Crippen MR) is 230 cm³/mol. The van der Waals surface area contributed by atoms with E-state index in [1.165, 1.54) is 70.2 Å². The number of hydrogen-bond acceptors (Lipinski definition) is 0. The third-order valence-electron chi connectivity index (χ3n) is 12.5. The van der Waals surface area contributed by atoms with E-state index in [-0.39, 0.29) is 35.6 Å². The van der Waals surface area contributed by atoms with E-state index >= 15 is 0 Å². The van der Waals surface area contributed by atoms with E-state index in [9.17, 15) is 0 Å². The number of hydrogen-bond donors (Lipinski definition) is 0. The third-order valence-corrected chi connectivity index (χ3v) is 29.9. The second-order valence-corrected chi connectivity index (χ2v) is 49.2. The second kappa shape index (κ2) is 14.4. The average Bonchev–Trinajstić information content (AvgIpc) is 3.81. The topological polar surface area (TPSA) is 0 Å². The summed E-state index contributed by atoms with van der Waals surface area (Å²) < 4.78 is 6.78. The molecule has 3 aliphatic rings. The minimum Gasteiger partial charge on any atom is -0.147 e. The molecule has 0 radical (unpaired) electrons. The Morgan fingerprint density at radius 3 is 1.47 bits per heavy atom. The first-order valence-electron chi connectivity index (χ1n) is 19.0. The van der Waals surface area contributed by atoms with Gasteiger partial charge in [0.15, 0.2) is 0 Å². The first-order chi connectivity index (χ1) is 23.1. The fourth-order valence-electron chi connectivity index (χ4n) is 9.96. The van der Waals surface area contributed by atoms with Gasteiger partial charge in [-0.15, -0.1) is 24.8 Å². The monoisotopic (exact) mass is 812 g/mol. The molecular formula is C47H60Cl2SiZr. The number of halogens is 2. The first kappa shape index (κ1) is 40.2. The van der Waals surface area contributed by atoms with E-state index in [1.54, 1.807) is 22.3 Å². The zero-order chi connectivity index (χ0) is 35.0. The van der Waals surface area contributed by atoms with Crippen molar-refractivity contribution in [3.63, 3.8) is 0 Å². The maximum atomic E-state index is 2.83. The van der Waals surface area contributed by atoms with Gasteiger partial charge < -0.3 is 0 Å². The van der Waals surface area contributed by atoms with Crippen molar-refractivity contribution in [3.05, 3.63) is 129 Å². The van der Waals surface area contributed by atoms with Crippen molar-refractivity contribution in [2.45, 2.75) is 108 Å². The van der Waals surface area contributed by atoms with E-state index < -0.39 is 17.4 Å². The molecule has 2 unspecified atom stereocenters. The average molecular weight is 815 g/mol. The van der Waals surface area contributed by atoms with Gasteiger partial charge in [-0.1, -0.05) is 0 Å². The van der Waals surface area contributed by atoms with Gasteiger partial charge in [0.2, 0.25) is 0 Å².